The average Bonchev–Trinajstić information content (AvgIpc) is 3.50. The van der Waals surface area contributed by atoms with Gasteiger partial charge < -0.3 is 5.32 Å². The van der Waals surface area contributed by atoms with Gasteiger partial charge in [-0.15, -0.1) is 10.2 Å². The quantitative estimate of drug-likeness (QED) is 0.659. The zero-order valence-corrected chi connectivity index (χ0v) is 16.7. The Morgan fingerprint density at radius 3 is 2.17 bits per heavy atom. The lowest BCUT2D eigenvalue weighted by Crippen LogP contribution is -2.37. The van der Waals surface area contributed by atoms with Gasteiger partial charge >= 0.3 is 11.8 Å². The molecule has 0 radical (unpaired) electrons. The van der Waals surface area contributed by atoms with Gasteiger partial charge in [0.05, 0.1) is 4.90 Å². The van der Waals surface area contributed by atoms with Crippen LogP contribution >= 0.6 is 0 Å². The summed E-state index contributed by atoms with van der Waals surface area (Å²) in [5.41, 5.74) is -1.94. The third-order valence-electron chi connectivity index (χ3n) is 4.68. The van der Waals surface area contributed by atoms with E-state index in [2.05, 4.69) is 15.5 Å². The van der Waals surface area contributed by atoms with Crippen LogP contribution in [0.5, 0.6) is 0 Å². The van der Waals surface area contributed by atoms with Crippen molar-refractivity contribution in [1.29, 1.82) is 0 Å². The summed E-state index contributed by atoms with van der Waals surface area (Å²) >= 11 is 0. The average molecular weight is 440 g/mol. The number of likely N-dealkylation sites (N-methyl/N-ethyl adjacent to an activating group) is 1. The number of hydrogen-bond acceptors (Lipinski definition) is 6. The summed E-state index contributed by atoms with van der Waals surface area (Å²) in [4.78, 5) is 11.9. The van der Waals surface area contributed by atoms with Crippen molar-refractivity contribution in [1.82, 2.24) is 10.0 Å². The molecule has 2 aromatic rings. The number of benzene rings is 2. The number of nitrogens with zero attached hydrogens (tertiary/aromatic N) is 2. The lowest BCUT2D eigenvalue weighted by atomic mass is 10.0. The van der Waals surface area contributed by atoms with Gasteiger partial charge in [0.2, 0.25) is 5.91 Å². The minimum absolute atomic E-state index is 0.0996. The predicted octanol–water partition coefficient (Wildman–Crippen LogP) is 2.89. The second kappa shape index (κ2) is 8.15. The van der Waals surface area contributed by atoms with Crippen molar-refractivity contribution >= 4 is 15.9 Å². The Labute approximate surface area is 171 Å². The molecule has 0 aliphatic carbocycles. The van der Waals surface area contributed by atoms with E-state index in [4.69, 9.17) is 0 Å². The number of sulfonamides is 1. The summed E-state index contributed by atoms with van der Waals surface area (Å²) in [5, 5.41) is 9.10. The van der Waals surface area contributed by atoms with Crippen LogP contribution in [0.1, 0.15) is 17.5 Å². The third-order valence-corrected chi connectivity index (χ3v) is 6.06. The van der Waals surface area contributed by atoms with Gasteiger partial charge in [-0.3, -0.25) is 4.79 Å². The van der Waals surface area contributed by atoms with Gasteiger partial charge in [0.15, 0.2) is 0 Å². The first-order chi connectivity index (χ1) is 14.1. The molecule has 0 saturated heterocycles. The molecule has 0 bridgehead atoms. The van der Waals surface area contributed by atoms with E-state index < -0.39 is 27.8 Å². The molecule has 1 aliphatic heterocycles. The van der Waals surface area contributed by atoms with E-state index in [0.717, 1.165) is 29.8 Å². The first kappa shape index (κ1) is 21.9. The zero-order chi connectivity index (χ0) is 22.0. The highest BCUT2D eigenvalue weighted by atomic mass is 32.2. The fourth-order valence-electron chi connectivity index (χ4n) is 2.96. The van der Waals surface area contributed by atoms with Crippen molar-refractivity contribution in [2.24, 2.45) is 10.2 Å². The van der Waals surface area contributed by atoms with Gasteiger partial charge in [-0.25, -0.2) is 13.1 Å². The van der Waals surface area contributed by atoms with Crippen molar-refractivity contribution in [3.8, 4) is 0 Å². The van der Waals surface area contributed by atoms with E-state index in [1.54, 1.807) is 7.05 Å². The number of halogens is 3. The van der Waals surface area contributed by atoms with Crippen LogP contribution in [0, 0.1) is 0 Å². The standard InChI is InChI=1S/C19H19F3N4O3S/c1-23-15(11-13-5-3-2-4-6-13)12-17(27)24-30(28,29)16-9-7-14(8-10-16)18(25-26-18)19(20,21)22/h2-10,15,23H,11-12H2,1H3,(H,24,27)/t15-/m0/s1. The van der Waals surface area contributed by atoms with Gasteiger partial charge in [0.1, 0.15) is 0 Å². The number of amides is 1. The molecule has 1 atom stereocenters. The first-order valence-electron chi connectivity index (χ1n) is 8.95. The summed E-state index contributed by atoms with van der Waals surface area (Å²) in [6.07, 6.45) is -4.29. The predicted molar refractivity (Wildman–Crippen MR) is 102 cm³/mol. The van der Waals surface area contributed by atoms with E-state index in [-0.39, 0.29) is 22.9 Å². The minimum atomic E-state index is -4.71. The third kappa shape index (κ3) is 4.68. The Bertz CT molecular complexity index is 1030. The lowest BCUT2D eigenvalue weighted by molar-refractivity contribution is -0.166. The molecule has 11 heteroatoms. The van der Waals surface area contributed by atoms with Crippen LogP contribution in [-0.2, 0) is 26.9 Å². The van der Waals surface area contributed by atoms with Crippen molar-refractivity contribution in [2.45, 2.75) is 35.6 Å². The second-order valence-electron chi connectivity index (χ2n) is 6.80. The molecule has 0 fully saturated rings. The zero-order valence-electron chi connectivity index (χ0n) is 15.8. The van der Waals surface area contributed by atoms with E-state index in [1.165, 1.54) is 0 Å². The largest absolute Gasteiger partial charge is 0.442 e. The molecular formula is C19H19F3N4O3S. The second-order valence-corrected chi connectivity index (χ2v) is 8.48. The van der Waals surface area contributed by atoms with Gasteiger partial charge in [0.25, 0.3) is 10.0 Å². The molecule has 1 heterocycles. The van der Waals surface area contributed by atoms with Gasteiger partial charge in [-0.2, -0.15) is 13.2 Å². The molecule has 0 unspecified atom stereocenters. The molecule has 160 valence electrons. The van der Waals surface area contributed by atoms with E-state index >= 15 is 0 Å². The smallest absolute Gasteiger partial charge is 0.316 e. The number of hydrogen-bond donors (Lipinski definition) is 2. The molecular weight excluding hydrogens is 421 g/mol. The molecule has 0 spiro atoms. The molecule has 0 aromatic heterocycles. The summed E-state index contributed by atoms with van der Waals surface area (Å²) in [6.45, 7) is 0. The fourth-order valence-corrected chi connectivity index (χ4v) is 3.95. The molecule has 30 heavy (non-hydrogen) atoms. The highest BCUT2D eigenvalue weighted by Gasteiger charge is 2.65. The molecule has 0 saturated carbocycles. The maximum absolute atomic E-state index is 13.0. The molecule has 2 N–H and O–H groups in total. The highest BCUT2D eigenvalue weighted by Crippen LogP contribution is 2.52. The van der Waals surface area contributed by atoms with Crippen molar-refractivity contribution in [2.75, 3.05) is 7.05 Å². The van der Waals surface area contributed by atoms with E-state index in [9.17, 15) is 26.4 Å². The summed E-state index contributed by atoms with van der Waals surface area (Å²) in [6, 6.07) is 13.0. The van der Waals surface area contributed by atoms with Crippen molar-refractivity contribution in [3.05, 3.63) is 65.7 Å². The van der Waals surface area contributed by atoms with Crippen LogP contribution in [0.4, 0.5) is 13.2 Å². The topological polar surface area (TPSA) is 100.0 Å². The van der Waals surface area contributed by atoms with E-state index in [1.807, 2.05) is 35.1 Å². The number of nitrogens with one attached hydrogen (secondary N) is 2. The van der Waals surface area contributed by atoms with Gasteiger partial charge in [-0.1, -0.05) is 42.5 Å². The van der Waals surface area contributed by atoms with E-state index in [0.29, 0.717) is 6.42 Å². The Kier molecular flexibility index (Phi) is 5.95. The lowest BCUT2D eigenvalue weighted by Gasteiger charge is -2.17. The summed E-state index contributed by atoms with van der Waals surface area (Å²) in [5.74, 6) is -0.728. The maximum atomic E-state index is 13.0. The van der Waals surface area contributed by atoms with Crippen LogP contribution in [-0.4, -0.2) is 33.6 Å². The van der Waals surface area contributed by atoms with Crippen LogP contribution < -0.4 is 10.0 Å². The van der Waals surface area contributed by atoms with Crippen LogP contribution in [0.3, 0.4) is 0 Å². The minimum Gasteiger partial charge on any atom is -0.316 e. The molecule has 7 nitrogen and oxygen atoms in total. The number of carbonyl (C=O) groups is 1. The molecule has 1 amide bonds. The van der Waals surface area contributed by atoms with Gasteiger partial charge in [0, 0.05) is 18.0 Å². The Balaban J connectivity index is 1.65. The van der Waals surface area contributed by atoms with Crippen LogP contribution in [0.25, 0.3) is 0 Å². The number of carbonyl (C=O) groups excluding carboxylic acids is 1. The molecule has 3 rings (SSSR count). The highest BCUT2D eigenvalue weighted by molar-refractivity contribution is 7.90. The molecule has 2 aromatic carbocycles. The SMILES string of the molecule is CN[C@H](CC(=O)NS(=O)(=O)c1ccc(C2(C(F)(F)F)N=N2)cc1)Cc1ccccc1. The van der Waals surface area contributed by atoms with Crippen LogP contribution in [0.15, 0.2) is 69.7 Å². The summed E-state index contributed by atoms with van der Waals surface area (Å²) < 4.78 is 65.9. The Morgan fingerprint density at radius 1 is 1.07 bits per heavy atom. The number of rotatable bonds is 8. The molecule has 1 aliphatic rings. The van der Waals surface area contributed by atoms with Crippen molar-refractivity contribution in [3.63, 3.8) is 0 Å². The number of alkyl halides is 3. The maximum Gasteiger partial charge on any atom is 0.442 e. The Hall–Kier alpha value is -2.79. The van der Waals surface area contributed by atoms with Crippen molar-refractivity contribution < 1.29 is 26.4 Å². The van der Waals surface area contributed by atoms with Gasteiger partial charge in [-0.05, 0) is 31.2 Å². The monoisotopic (exact) mass is 440 g/mol. The Morgan fingerprint density at radius 2 is 1.67 bits per heavy atom. The normalized spacial score (nSPS) is 16.1. The first-order valence-corrected chi connectivity index (χ1v) is 10.4. The fraction of sp³-hybridized carbons (Fsp3) is 0.316. The van der Waals surface area contributed by atoms with Crippen LogP contribution in [0.2, 0.25) is 0 Å². The summed E-state index contributed by atoms with van der Waals surface area (Å²) in [7, 11) is -2.57.